The lowest BCUT2D eigenvalue weighted by atomic mass is 10.2. The van der Waals surface area contributed by atoms with Crippen LogP contribution in [0.4, 0.5) is 19.0 Å². The lowest BCUT2D eigenvalue weighted by molar-refractivity contribution is -0.137. The van der Waals surface area contributed by atoms with Gasteiger partial charge in [0.15, 0.2) is 0 Å². The molecule has 0 aliphatic heterocycles. The summed E-state index contributed by atoms with van der Waals surface area (Å²) in [7, 11) is 0. The van der Waals surface area contributed by atoms with Gasteiger partial charge in [-0.05, 0) is 30.7 Å². The number of hydrogen-bond donors (Lipinski definition) is 1. The number of rotatable bonds is 4. The van der Waals surface area contributed by atoms with Crippen LogP contribution >= 0.6 is 23.4 Å². The summed E-state index contributed by atoms with van der Waals surface area (Å²) in [5.74, 6) is 1.21. The summed E-state index contributed by atoms with van der Waals surface area (Å²) in [6.45, 7) is 2.08. The highest BCUT2D eigenvalue weighted by atomic mass is 35.5. The van der Waals surface area contributed by atoms with E-state index >= 15 is 0 Å². The van der Waals surface area contributed by atoms with Crippen LogP contribution in [0.2, 0.25) is 5.15 Å². The molecule has 112 valence electrons. The van der Waals surface area contributed by atoms with Gasteiger partial charge in [-0.1, -0.05) is 24.9 Å². The van der Waals surface area contributed by atoms with Gasteiger partial charge >= 0.3 is 6.18 Å². The number of hydrogen-bond acceptors (Lipinski definition) is 3. The van der Waals surface area contributed by atoms with Crippen molar-refractivity contribution in [3.63, 3.8) is 0 Å². The number of alkyl halides is 3. The molecular weight excluding hydrogens is 309 g/mol. The van der Waals surface area contributed by atoms with Gasteiger partial charge in [-0.2, -0.15) is 24.9 Å². The van der Waals surface area contributed by atoms with Crippen molar-refractivity contribution >= 4 is 29.2 Å². The molecule has 2 atom stereocenters. The Kier molecular flexibility index (Phi) is 5.07. The quantitative estimate of drug-likeness (QED) is 0.802. The van der Waals surface area contributed by atoms with Crippen molar-refractivity contribution < 1.29 is 13.2 Å². The van der Waals surface area contributed by atoms with Crippen molar-refractivity contribution in [2.75, 3.05) is 11.1 Å². The van der Waals surface area contributed by atoms with Crippen LogP contribution < -0.4 is 5.32 Å². The number of thioether (sulfide) groups is 1. The molecule has 2 unspecified atom stereocenters. The van der Waals surface area contributed by atoms with E-state index < -0.39 is 11.7 Å². The Morgan fingerprint density at radius 2 is 2.15 bits per heavy atom. The molecule has 20 heavy (non-hydrogen) atoms. The molecule has 1 aliphatic carbocycles. The molecule has 7 heteroatoms. The summed E-state index contributed by atoms with van der Waals surface area (Å²) in [5, 5.41) is 3.40. The first-order valence-corrected chi connectivity index (χ1v) is 7.95. The molecule has 1 saturated carbocycles. The van der Waals surface area contributed by atoms with E-state index in [1.807, 2.05) is 11.8 Å². The third kappa shape index (κ3) is 3.95. The number of halogens is 4. The minimum Gasteiger partial charge on any atom is -0.366 e. The predicted molar refractivity (Wildman–Crippen MR) is 77.4 cm³/mol. The normalized spacial score (nSPS) is 23.1. The first-order valence-electron chi connectivity index (χ1n) is 6.53. The molecule has 1 fully saturated rings. The topological polar surface area (TPSA) is 24.9 Å². The minimum atomic E-state index is -4.41. The van der Waals surface area contributed by atoms with E-state index in [4.69, 9.17) is 11.6 Å². The Morgan fingerprint density at radius 3 is 2.80 bits per heavy atom. The molecule has 2 rings (SSSR count). The van der Waals surface area contributed by atoms with Gasteiger partial charge in [-0.15, -0.1) is 0 Å². The number of pyridine rings is 1. The van der Waals surface area contributed by atoms with Gasteiger partial charge in [0, 0.05) is 11.3 Å². The monoisotopic (exact) mass is 324 g/mol. The molecular formula is C13H16ClF3N2S. The Labute approximate surface area is 125 Å². The van der Waals surface area contributed by atoms with Gasteiger partial charge in [0.25, 0.3) is 0 Å². The molecule has 0 spiro atoms. The van der Waals surface area contributed by atoms with E-state index in [2.05, 4.69) is 17.2 Å². The standard InChI is InChI=1S/C13H16ClF3N2S/c1-2-20-10-5-3-4-9(10)18-12-7-8(13(15,16)17)6-11(14)19-12/h6-7,9-10H,2-5H2,1H3,(H,18,19). The molecule has 1 aliphatic rings. The van der Waals surface area contributed by atoms with E-state index in [0.29, 0.717) is 5.25 Å². The molecule has 0 aromatic carbocycles. The maximum atomic E-state index is 12.7. The Hall–Kier alpha value is -0.620. The predicted octanol–water partition coefficient (Wildman–Crippen LogP) is 4.84. The van der Waals surface area contributed by atoms with Crippen molar-refractivity contribution in [3.05, 3.63) is 22.8 Å². The van der Waals surface area contributed by atoms with Gasteiger partial charge in [-0.25, -0.2) is 4.98 Å². The van der Waals surface area contributed by atoms with Crippen LogP contribution in [0.25, 0.3) is 0 Å². The SMILES string of the molecule is CCSC1CCCC1Nc1cc(C(F)(F)F)cc(Cl)n1. The molecule has 0 bridgehead atoms. The average molecular weight is 325 g/mol. The lowest BCUT2D eigenvalue weighted by Gasteiger charge is -2.21. The van der Waals surface area contributed by atoms with Crippen molar-refractivity contribution in [2.45, 2.75) is 43.7 Å². The van der Waals surface area contributed by atoms with E-state index in [1.165, 1.54) is 0 Å². The van der Waals surface area contributed by atoms with E-state index in [0.717, 1.165) is 37.1 Å². The number of nitrogens with zero attached hydrogens (tertiary/aromatic N) is 1. The zero-order chi connectivity index (χ0) is 14.8. The van der Waals surface area contributed by atoms with Gasteiger partial charge in [0.1, 0.15) is 11.0 Å². The van der Waals surface area contributed by atoms with Gasteiger partial charge < -0.3 is 5.32 Å². The maximum absolute atomic E-state index is 12.7. The Morgan fingerprint density at radius 1 is 1.40 bits per heavy atom. The van der Waals surface area contributed by atoms with Crippen LogP contribution in [0.3, 0.4) is 0 Å². The second kappa shape index (κ2) is 6.43. The van der Waals surface area contributed by atoms with Crippen LogP contribution in [0.15, 0.2) is 12.1 Å². The largest absolute Gasteiger partial charge is 0.416 e. The summed E-state index contributed by atoms with van der Waals surface area (Å²) in [4.78, 5) is 3.95. The Balaban J connectivity index is 2.15. The highest BCUT2D eigenvalue weighted by molar-refractivity contribution is 7.99. The summed E-state index contributed by atoms with van der Waals surface area (Å²) in [6, 6.07) is 2.03. The zero-order valence-corrected chi connectivity index (χ0v) is 12.6. The highest BCUT2D eigenvalue weighted by Crippen LogP contribution is 2.35. The van der Waals surface area contributed by atoms with E-state index in [-0.39, 0.29) is 17.0 Å². The van der Waals surface area contributed by atoms with Crippen molar-refractivity contribution in [3.8, 4) is 0 Å². The van der Waals surface area contributed by atoms with Crippen molar-refractivity contribution in [2.24, 2.45) is 0 Å². The fourth-order valence-corrected chi connectivity index (χ4v) is 3.84. The van der Waals surface area contributed by atoms with E-state index in [9.17, 15) is 13.2 Å². The molecule has 1 heterocycles. The molecule has 1 aromatic heterocycles. The second-order valence-corrected chi connectivity index (χ2v) is 6.64. The number of nitrogens with one attached hydrogen (secondary N) is 1. The summed E-state index contributed by atoms with van der Waals surface area (Å²) in [5.41, 5.74) is -0.766. The first kappa shape index (κ1) is 15.8. The lowest BCUT2D eigenvalue weighted by Crippen LogP contribution is -2.27. The van der Waals surface area contributed by atoms with Crippen molar-refractivity contribution in [1.82, 2.24) is 4.98 Å². The van der Waals surface area contributed by atoms with Gasteiger partial charge in [0.2, 0.25) is 0 Å². The molecule has 1 N–H and O–H groups in total. The van der Waals surface area contributed by atoms with Crippen molar-refractivity contribution in [1.29, 1.82) is 0 Å². The number of anilines is 1. The highest BCUT2D eigenvalue weighted by Gasteiger charge is 2.32. The smallest absolute Gasteiger partial charge is 0.366 e. The Bertz CT molecular complexity index is 467. The summed E-state index contributed by atoms with van der Waals surface area (Å²) >= 11 is 7.52. The molecule has 1 aromatic rings. The van der Waals surface area contributed by atoms with Gasteiger partial charge in [0.05, 0.1) is 5.56 Å². The van der Waals surface area contributed by atoms with E-state index in [1.54, 1.807) is 0 Å². The fraction of sp³-hybridized carbons (Fsp3) is 0.615. The first-order chi connectivity index (χ1) is 9.40. The van der Waals surface area contributed by atoms with Crippen LogP contribution in [0.5, 0.6) is 0 Å². The fourth-order valence-electron chi connectivity index (χ4n) is 2.43. The molecule has 0 radical (unpaired) electrons. The average Bonchev–Trinajstić information content (AvgIpc) is 2.75. The zero-order valence-electron chi connectivity index (χ0n) is 11.0. The third-order valence-corrected chi connectivity index (χ3v) is 4.81. The molecule has 2 nitrogen and oxygen atoms in total. The molecule has 0 saturated heterocycles. The maximum Gasteiger partial charge on any atom is 0.416 e. The minimum absolute atomic E-state index is 0.139. The number of aromatic nitrogens is 1. The van der Waals surface area contributed by atoms with Crippen LogP contribution in [-0.4, -0.2) is 22.0 Å². The second-order valence-electron chi connectivity index (χ2n) is 4.74. The van der Waals surface area contributed by atoms with Crippen LogP contribution in [-0.2, 0) is 6.18 Å². The summed E-state index contributed by atoms with van der Waals surface area (Å²) < 4.78 is 38.2. The van der Waals surface area contributed by atoms with Crippen LogP contribution in [0.1, 0.15) is 31.7 Å². The van der Waals surface area contributed by atoms with Gasteiger partial charge in [-0.3, -0.25) is 0 Å². The third-order valence-electron chi connectivity index (χ3n) is 3.29. The molecule has 0 amide bonds. The van der Waals surface area contributed by atoms with Crippen LogP contribution in [0, 0.1) is 0 Å². The summed E-state index contributed by atoms with van der Waals surface area (Å²) in [6.07, 6.45) is -1.28.